The van der Waals surface area contributed by atoms with Gasteiger partial charge in [0.25, 0.3) is 0 Å². The zero-order chi connectivity index (χ0) is 18.5. The molecule has 4 heteroatoms. The van der Waals surface area contributed by atoms with E-state index in [-0.39, 0.29) is 0 Å². The third kappa shape index (κ3) is 8.93. The van der Waals surface area contributed by atoms with Gasteiger partial charge in [0.1, 0.15) is 11.5 Å². The molecule has 142 valence electrons. The second kappa shape index (κ2) is 13.6. The number of aryl methyl sites for hydroxylation is 2. The van der Waals surface area contributed by atoms with E-state index < -0.39 is 0 Å². The van der Waals surface area contributed by atoms with Crippen LogP contribution in [0.5, 0.6) is 11.5 Å². The maximum Gasteiger partial charge on any atom is 0.119 e. The number of hydrogen-bond acceptors (Lipinski definition) is 2. The van der Waals surface area contributed by atoms with E-state index in [4.69, 9.17) is 9.47 Å². The number of ether oxygens (including phenoxy) is 2. The van der Waals surface area contributed by atoms with Crippen molar-refractivity contribution in [3.8, 4) is 11.5 Å². The van der Waals surface area contributed by atoms with Crippen LogP contribution in [0.15, 0.2) is 48.5 Å². The molecule has 0 N–H and O–H groups in total. The van der Waals surface area contributed by atoms with Gasteiger partial charge in [0.15, 0.2) is 0 Å². The summed E-state index contributed by atoms with van der Waals surface area (Å²) in [6, 6.07) is 17.1. The quantitative estimate of drug-likeness (QED) is 0.151. The zero-order valence-corrected chi connectivity index (χ0v) is 19.6. The molecule has 2 aromatic carbocycles. The van der Waals surface area contributed by atoms with Crippen LogP contribution in [-0.2, 0) is 12.8 Å². The summed E-state index contributed by atoms with van der Waals surface area (Å²) in [6.45, 7) is 1.63. The van der Waals surface area contributed by atoms with Crippen molar-refractivity contribution < 1.29 is 9.47 Å². The third-order valence-electron chi connectivity index (χ3n) is 4.14. The van der Waals surface area contributed by atoms with E-state index in [1.807, 2.05) is 0 Å². The summed E-state index contributed by atoms with van der Waals surface area (Å²) in [6.07, 6.45) is 6.79. The van der Waals surface area contributed by atoms with E-state index in [2.05, 4.69) is 93.7 Å². The molecule has 0 spiro atoms. The summed E-state index contributed by atoms with van der Waals surface area (Å²) in [5.41, 5.74) is 2.70. The molecule has 0 saturated carbocycles. The minimum atomic E-state index is 0.814. The van der Waals surface area contributed by atoms with Crippen LogP contribution in [0.2, 0.25) is 0 Å². The average Bonchev–Trinajstić information content (AvgIpc) is 2.69. The Balaban J connectivity index is 1.70. The largest absolute Gasteiger partial charge is 0.494 e. The van der Waals surface area contributed by atoms with Crippen molar-refractivity contribution in [3.05, 3.63) is 59.7 Å². The van der Waals surface area contributed by atoms with E-state index in [1.165, 1.54) is 32.8 Å². The molecule has 0 fully saturated rings. The average molecular weight is 578 g/mol. The molecular formula is C22H28I2O2. The molecule has 0 bridgehead atoms. The van der Waals surface area contributed by atoms with E-state index in [9.17, 15) is 0 Å². The fourth-order valence-corrected chi connectivity index (χ4v) is 3.65. The van der Waals surface area contributed by atoms with Crippen LogP contribution in [-0.4, -0.2) is 22.1 Å². The van der Waals surface area contributed by atoms with Crippen molar-refractivity contribution in [1.29, 1.82) is 0 Å². The molecule has 0 aromatic heterocycles. The van der Waals surface area contributed by atoms with E-state index in [1.54, 1.807) is 0 Å². The van der Waals surface area contributed by atoms with Crippen LogP contribution in [0, 0.1) is 0 Å². The Labute approximate surface area is 185 Å². The molecule has 0 saturated heterocycles. The Morgan fingerprint density at radius 2 is 0.923 bits per heavy atom. The fraction of sp³-hybridized carbons (Fsp3) is 0.455. The summed E-state index contributed by atoms with van der Waals surface area (Å²) in [4.78, 5) is 0. The van der Waals surface area contributed by atoms with Crippen LogP contribution in [0.1, 0.15) is 36.8 Å². The van der Waals surface area contributed by atoms with Crippen molar-refractivity contribution >= 4 is 45.2 Å². The van der Waals surface area contributed by atoms with Crippen LogP contribution in [0.3, 0.4) is 0 Å². The van der Waals surface area contributed by atoms with Crippen LogP contribution < -0.4 is 9.47 Å². The molecule has 0 radical (unpaired) electrons. The van der Waals surface area contributed by atoms with Crippen LogP contribution in [0.4, 0.5) is 0 Å². The smallest absolute Gasteiger partial charge is 0.119 e. The van der Waals surface area contributed by atoms with Gasteiger partial charge in [-0.2, -0.15) is 0 Å². The second-order valence-electron chi connectivity index (χ2n) is 6.28. The van der Waals surface area contributed by atoms with Crippen molar-refractivity contribution in [2.75, 3.05) is 22.1 Å². The lowest BCUT2D eigenvalue weighted by molar-refractivity contribution is 0.310. The monoisotopic (exact) mass is 578 g/mol. The van der Waals surface area contributed by atoms with Gasteiger partial charge in [0, 0.05) is 0 Å². The number of halogens is 2. The highest BCUT2D eigenvalue weighted by molar-refractivity contribution is 14.1. The lowest BCUT2D eigenvalue weighted by atomic mass is 10.0. The summed E-state index contributed by atoms with van der Waals surface area (Å²) >= 11 is 4.82. The first kappa shape index (κ1) is 21.8. The predicted octanol–water partition coefficient (Wildman–Crippen LogP) is 6.66. The summed E-state index contributed by atoms with van der Waals surface area (Å²) < 4.78 is 13.9. The SMILES string of the molecule is ICCCCOc1ccc(CCc2ccc(OCCCCI)cc2)cc1. The third-order valence-corrected chi connectivity index (χ3v) is 5.67. The molecule has 0 aliphatic rings. The molecule has 0 unspecified atom stereocenters. The van der Waals surface area contributed by atoms with Gasteiger partial charge in [-0.05, 0) is 82.8 Å². The van der Waals surface area contributed by atoms with Gasteiger partial charge in [0.2, 0.25) is 0 Å². The Morgan fingerprint density at radius 1 is 0.538 bits per heavy atom. The van der Waals surface area contributed by atoms with E-state index in [0.717, 1.165) is 50.4 Å². The summed E-state index contributed by atoms with van der Waals surface area (Å²) in [5, 5.41) is 0. The number of rotatable bonds is 13. The molecule has 26 heavy (non-hydrogen) atoms. The summed E-state index contributed by atoms with van der Waals surface area (Å²) in [5.74, 6) is 1.96. The van der Waals surface area contributed by atoms with Gasteiger partial charge >= 0.3 is 0 Å². The lowest BCUT2D eigenvalue weighted by Crippen LogP contribution is -1.98. The topological polar surface area (TPSA) is 18.5 Å². The van der Waals surface area contributed by atoms with Gasteiger partial charge in [-0.1, -0.05) is 69.4 Å². The first-order chi connectivity index (χ1) is 12.8. The number of hydrogen-bond donors (Lipinski definition) is 0. The minimum absolute atomic E-state index is 0.814. The Morgan fingerprint density at radius 3 is 1.27 bits per heavy atom. The minimum Gasteiger partial charge on any atom is -0.494 e. The number of benzene rings is 2. The lowest BCUT2D eigenvalue weighted by Gasteiger charge is -2.08. The molecule has 2 aromatic rings. The first-order valence-electron chi connectivity index (χ1n) is 9.37. The molecule has 2 rings (SSSR count). The van der Waals surface area contributed by atoms with Crippen LogP contribution in [0.25, 0.3) is 0 Å². The highest BCUT2D eigenvalue weighted by Crippen LogP contribution is 2.17. The highest BCUT2D eigenvalue weighted by Gasteiger charge is 2.00. The Hall–Kier alpha value is -0.500. The van der Waals surface area contributed by atoms with Crippen molar-refractivity contribution in [3.63, 3.8) is 0 Å². The fourth-order valence-electron chi connectivity index (χ4n) is 2.57. The normalized spacial score (nSPS) is 10.7. The van der Waals surface area contributed by atoms with Crippen molar-refractivity contribution in [2.24, 2.45) is 0 Å². The van der Waals surface area contributed by atoms with Gasteiger partial charge in [-0.15, -0.1) is 0 Å². The standard InChI is InChI=1S/C22H28I2O2/c23-15-1-3-17-25-21-11-7-19(8-12-21)5-6-20-9-13-22(14-10-20)26-18-4-2-16-24/h7-14H,1-6,15-18H2. The van der Waals surface area contributed by atoms with Crippen molar-refractivity contribution in [2.45, 2.75) is 38.5 Å². The first-order valence-corrected chi connectivity index (χ1v) is 12.4. The molecule has 0 amide bonds. The molecule has 0 heterocycles. The molecule has 0 atom stereocenters. The molecule has 0 aliphatic carbocycles. The van der Waals surface area contributed by atoms with Gasteiger partial charge in [0.05, 0.1) is 13.2 Å². The highest BCUT2D eigenvalue weighted by atomic mass is 127. The molecule has 0 aliphatic heterocycles. The summed E-state index contributed by atoms with van der Waals surface area (Å²) in [7, 11) is 0. The predicted molar refractivity (Wildman–Crippen MR) is 128 cm³/mol. The Kier molecular flexibility index (Phi) is 11.4. The Bertz CT molecular complexity index is 541. The van der Waals surface area contributed by atoms with E-state index in [0.29, 0.717) is 0 Å². The van der Waals surface area contributed by atoms with Gasteiger partial charge in [-0.3, -0.25) is 0 Å². The number of alkyl halides is 2. The van der Waals surface area contributed by atoms with E-state index >= 15 is 0 Å². The maximum atomic E-state index is 5.77. The van der Waals surface area contributed by atoms with Gasteiger partial charge in [-0.25, -0.2) is 0 Å². The van der Waals surface area contributed by atoms with Crippen molar-refractivity contribution in [1.82, 2.24) is 0 Å². The second-order valence-corrected chi connectivity index (χ2v) is 8.43. The van der Waals surface area contributed by atoms with Gasteiger partial charge < -0.3 is 9.47 Å². The number of unbranched alkanes of at least 4 members (excludes halogenated alkanes) is 2. The van der Waals surface area contributed by atoms with Crippen LogP contribution >= 0.6 is 45.2 Å². The maximum absolute atomic E-state index is 5.77. The zero-order valence-electron chi connectivity index (χ0n) is 15.3. The molecular weight excluding hydrogens is 550 g/mol. The molecule has 2 nitrogen and oxygen atoms in total.